The molecular formula is C18H19N3O5. The number of nitro groups is 1. The van der Waals surface area contributed by atoms with Crippen molar-refractivity contribution < 1.29 is 19.2 Å². The molecule has 0 aromatic heterocycles. The average molecular weight is 357 g/mol. The topological polar surface area (TPSA) is 103 Å². The Kier molecular flexibility index (Phi) is 6.26. The second-order valence-electron chi connectivity index (χ2n) is 5.35. The van der Waals surface area contributed by atoms with Crippen molar-refractivity contribution in [2.24, 2.45) is 5.10 Å². The number of carbonyl (C=O) groups excluding carboxylic acids is 1. The van der Waals surface area contributed by atoms with Gasteiger partial charge in [-0.05, 0) is 38.1 Å². The van der Waals surface area contributed by atoms with Gasteiger partial charge in [0.15, 0.2) is 5.75 Å². The second-order valence-corrected chi connectivity index (χ2v) is 5.35. The number of ether oxygens (including phenoxy) is 2. The number of carbonyl (C=O) groups is 1. The van der Waals surface area contributed by atoms with Crippen LogP contribution in [-0.4, -0.2) is 23.7 Å². The summed E-state index contributed by atoms with van der Waals surface area (Å²) in [6.07, 6.45) is 1.32. The predicted octanol–water partition coefficient (Wildman–Crippen LogP) is 3.67. The number of benzene rings is 2. The van der Waals surface area contributed by atoms with Crippen molar-refractivity contribution in [2.75, 3.05) is 12.0 Å². The Hall–Kier alpha value is -3.42. The lowest BCUT2D eigenvalue weighted by molar-refractivity contribution is -0.386. The van der Waals surface area contributed by atoms with Crippen LogP contribution in [0.3, 0.4) is 0 Å². The van der Waals surface area contributed by atoms with E-state index in [0.717, 1.165) is 11.3 Å². The number of anilines is 1. The van der Waals surface area contributed by atoms with Gasteiger partial charge in [-0.2, -0.15) is 5.10 Å². The third kappa shape index (κ3) is 4.79. The van der Waals surface area contributed by atoms with Crippen molar-refractivity contribution in [1.29, 1.82) is 0 Å². The molecule has 1 N–H and O–H groups in total. The summed E-state index contributed by atoms with van der Waals surface area (Å²) < 4.78 is 10.3. The van der Waals surface area contributed by atoms with E-state index < -0.39 is 10.9 Å². The summed E-state index contributed by atoms with van der Waals surface area (Å²) in [5, 5.41) is 15.6. The Morgan fingerprint density at radius 3 is 2.54 bits per heavy atom. The highest BCUT2D eigenvalue weighted by Gasteiger charge is 2.25. The molecule has 0 aliphatic carbocycles. The highest BCUT2D eigenvalue weighted by Crippen LogP contribution is 2.39. The molecule has 8 nitrogen and oxygen atoms in total. The first-order chi connectivity index (χ1) is 12.4. The number of aryl methyl sites for hydroxylation is 1. The van der Waals surface area contributed by atoms with E-state index in [9.17, 15) is 14.9 Å². The number of nitro benzene ring substituents is 1. The highest BCUT2D eigenvalue weighted by molar-refractivity contribution is 5.89. The standard InChI is InChI=1S/C18H19N3O5/c1-4-25-18-16(26-13(3)22)10-7-14(17(18)21(23)24)11-19-20-15-8-5-12(2)6-9-15/h5-11,20H,4H2,1-3H3. The zero-order chi connectivity index (χ0) is 19.1. The second kappa shape index (κ2) is 8.61. The van der Waals surface area contributed by atoms with E-state index in [1.54, 1.807) is 6.92 Å². The number of hydrazone groups is 1. The van der Waals surface area contributed by atoms with Gasteiger partial charge in [-0.3, -0.25) is 20.3 Å². The molecule has 0 spiro atoms. The monoisotopic (exact) mass is 357 g/mol. The minimum absolute atomic E-state index is 0.00491. The largest absolute Gasteiger partial charge is 0.485 e. The quantitative estimate of drug-likeness (QED) is 0.267. The molecule has 2 rings (SSSR count). The third-order valence-electron chi connectivity index (χ3n) is 3.30. The summed E-state index contributed by atoms with van der Waals surface area (Å²) >= 11 is 0. The predicted molar refractivity (Wildman–Crippen MR) is 98.0 cm³/mol. The van der Waals surface area contributed by atoms with Gasteiger partial charge >= 0.3 is 11.7 Å². The lowest BCUT2D eigenvalue weighted by Crippen LogP contribution is -2.07. The van der Waals surface area contributed by atoms with Crippen LogP contribution in [0.4, 0.5) is 11.4 Å². The van der Waals surface area contributed by atoms with E-state index in [-0.39, 0.29) is 29.4 Å². The Bertz CT molecular complexity index is 831. The van der Waals surface area contributed by atoms with E-state index in [1.807, 2.05) is 31.2 Å². The molecular weight excluding hydrogens is 338 g/mol. The first kappa shape index (κ1) is 18.9. The number of nitrogens with one attached hydrogen (secondary N) is 1. The number of rotatable bonds is 7. The van der Waals surface area contributed by atoms with Crippen LogP contribution in [0.5, 0.6) is 11.5 Å². The van der Waals surface area contributed by atoms with Crippen molar-refractivity contribution in [3.63, 3.8) is 0 Å². The van der Waals surface area contributed by atoms with Gasteiger partial charge in [0, 0.05) is 6.92 Å². The molecule has 0 amide bonds. The fraction of sp³-hybridized carbons (Fsp3) is 0.222. The van der Waals surface area contributed by atoms with Crippen molar-refractivity contribution in [3.8, 4) is 11.5 Å². The normalized spacial score (nSPS) is 10.6. The number of nitrogens with zero attached hydrogens (tertiary/aromatic N) is 2. The van der Waals surface area contributed by atoms with Crippen LogP contribution in [0.15, 0.2) is 41.5 Å². The molecule has 0 heterocycles. The Labute approximate surface area is 150 Å². The smallest absolute Gasteiger partial charge is 0.323 e. The average Bonchev–Trinajstić information content (AvgIpc) is 2.58. The maximum atomic E-state index is 11.5. The van der Waals surface area contributed by atoms with Gasteiger partial charge in [0.05, 0.1) is 29.0 Å². The van der Waals surface area contributed by atoms with Crippen LogP contribution < -0.4 is 14.9 Å². The van der Waals surface area contributed by atoms with Crippen LogP contribution in [0.25, 0.3) is 0 Å². The Balaban J connectivity index is 2.35. The van der Waals surface area contributed by atoms with Crippen molar-refractivity contribution in [3.05, 3.63) is 57.6 Å². The van der Waals surface area contributed by atoms with Crippen LogP contribution >= 0.6 is 0 Å². The fourth-order valence-corrected chi connectivity index (χ4v) is 2.18. The molecule has 0 saturated heterocycles. The molecule has 0 aliphatic heterocycles. The minimum Gasteiger partial charge on any atom is -0.485 e. The molecule has 0 saturated carbocycles. The molecule has 136 valence electrons. The van der Waals surface area contributed by atoms with Crippen molar-refractivity contribution in [2.45, 2.75) is 20.8 Å². The summed E-state index contributed by atoms with van der Waals surface area (Å²) in [6, 6.07) is 10.4. The molecule has 0 aliphatic rings. The van der Waals surface area contributed by atoms with Gasteiger partial charge in [-0.15, -0.1) is 0 Å². The molecule has 0 radical (unpaired) electrons. The van der Waals surface area contributed by atoms with Crippen LogP contribution in [0.2, 0.25) is 0 Å². The van der Waals surface area contributed by atoms with E-state index in [0.29, 0.717) is 0 Å². The van der Waals surface area contributed by atoms with Gasteiger partial charge in [-0.25, -0.2) is 0 Å². The van der Waals surface area contributed by atoms with E-state index >= 15 is 0 Å². The summed E-state index contributed by atoms with van der Waals surface area (Å²) in [5.74, 6) is -0.704. The lowest BCUT2D eigenvalue weighted by Gasteiger charge is -2.11. The number of hydrogen-bond acceptors (Lipinski definition) is 7. The molecule has 8 heteroatoms. The van der Waals surface area contributed by atoms with Crippen LogP contribution in [0, 0.1) is 17.0 Å². The zero-order valence-corrected chi connectivity index (χ0v) is 14.7. The zero-order valence-electron chi connectivity index (χ0n) is 14.7. The molecule has 2 aromatic rings. The number of hydrogen-bond donors (Lipinski definition) is 1. The molecule has 2 aromatic carbocycles. The van der Waals surface area contributed by atoms with Crippen molar-refractivity contribution in [1.82, 2.24) is 0 Å². The van der Waals surface area contributed by atoms with E-state index in [4.69, 9.17) is 9.47 Å². The Morgan fingerprint density at radius 1 is 1.27 bits per heavy atom. The van der Waals surface area contributed by atoms with Crippen LogP contribution in [-0.2, 0) is 4.79 Å². The van der Waals surface area contributed by atoms with Gasteiger partial charge in [0.2, 0.25) is 5.75 Å². The van der Waals surface area contributed by atoms with Crippen LogP contribution in [0.1, 0.15) is 25.0 Å². The summed E-state index contributed by atoms with van der Waals surface area (Å²) in [5.41, 5.74) is 4.56. The van der Waals surface area contributed by atoms with Gasteiger partial charge in [0.1, 0.15) is 0 Å². The number of esters is 1. The summed E-state index contributed by atoms with van der Waals surface area (Å²) in [6.45, 7) is 5.04. The molecule has 0 bridgehead atoms. The summed E-state index contributed by atoms with van der Waals surface area (Å²) in [4.78, 5) is 22.1. The first-order valence-electron chi connectivity index (χ1n) is 7.90. The van der Waals surface area contributed by atoms with Gasteiger partial charge in [0.25, 0.3) is 0 Å². The van der Waals surface area contributed by atoms with Crippen molar-refractivity contribution >= 4 is 23.6 Å². The fourth-order valence-electron chi connectivity index (χ4n) is 2.18. The molecule has 0 fully saturated rings. The molecule has 26 heavy (non-hydrogen) atoms. The SMILES string of the molecule is CCOc1c(OC(C)=O)ccc(C=NNc2ccc(C)cc2)c1[N+](=O)[O-]. The van der Waals surface area contributed by atoms with Gasteiger partial charge in [-0.1, -0.05) is 17.7 Å². The highest BCUT2D eigenvalue weighted by atomic mass is 16.6. The van der Waals surface area contributed by atoms with E-state index in [1.165, 1.54) is 25.3 Å². The Morgan fingerprint density at radius 2 is 1.96 bits per heavy atom. The molecule has 0 atom stereocenters. The maximum absolute atomic E-state index is 11.5. The van der Waals surface area contributed by atoms with Gasteiger partial charge < -0.3 is 9.47 Å². The summed E-state index contributed by atoms with van der Waals surface area (Å²) in [7, 11) is 0. The third-order valence-corrected chi connectivity index (χ3v) is 3.30. The molecule has 0 unspecified atom stereocenters. The minimum atomic E-state index is -0.595. The lowest BCUT2D eigenvalue weighted by atomic mass is 10.1. The van der Waals surface area contributed by atoms with E-state index in [2.05, 4.69) is 10.5 Å². The first-order valence-corrected chi connectivity index (χ1v) is 7.90. The maximum Gasteiger partial charge on any atom is 0.323 e.